The molecule has 1 N–H and O–H groups in total. The molecule has 2 atom stereocenters. The van der Waals surface area contributed by atoms with Crippen LogP contribution < -0.4 is 0 Å². The Morgan fingerprint density at radius 3 is 1.44 bits per heavy atom. The summed E-state index contributed by atoms with van der Waals surface area (Å²) in [6.07, 6.45) is 48.8. The Labute approximate surface area is 345 Å². The number of aliphatic carboxylic acids is 1. The third kappa shape index (κ3) is 40.0. The van der Waals surface area contributed by atoms with Gasteiger partial charge in [0.25, 0.3) is 6.29 Å². The van der Waals surface area contributed by atoms with Gasteiger partial charge in [0, 0.05) is 12.8 Å². The molecule has 0 rings (SSSR count). The largest absolute Gasteiger partial charge is 0.477 e. The van der Waals surface area contributed by atoms with Crippen LogP contribution in [0.5, 0.6) is 0 Å². The standard InChI is InChI=1S/C48H75NO8/c1-6-8-10-12-14-16-18-20-21-22-23-24-25-27-29-31-33-35-37-39-46(51)57-44(43-56-48(47(52)53)54-41-40-49(3,4)5)42-55-45(50)38-36-34-32-30-28-26-19-17-15-13-11-9-7-2/h8-11,14-17,20-21,23-24,26-29,32,34,44,48H,6-7,12-13,18-19,22,25,30-31,33,35-43H2,1-5H3/p+1/b10-8-,11-9-,16-14-,17-15-,21-20-,24-23-,28-26-,29-27-,34-32-. The van der Waals surface area contributed by atoms with E-state index in [9.17, 15) is 19.5 Å². The molecule has 0 radical (unpaired) electrons. The molecule has 0 aromatic carbocycles. The molecule has 0 aromatic rings. The maximum Gasteiger partial charge on any atom is 0.361 e. The molecule has 0 aliphatic carbocycles. The third-order valence-electron chi connectivity index (χ3n) is 8.04. The second kappa shape index (κ2) is 38.8. The number of esters is 2. The van der Waals surface area contributed by atoms with Crippen molar-refractivity contribution >= 4 is 17.9 Å². The smallest absolute Gasteiger partial charge is 0.361 e. The topological polar surface area (TPSA) is 108 Å². The number of carboxylic acids is 1. The Bertz CT molecular complexity index is 1300. The minimum atomic E-state index is -1.54. The summed E-state index contributed by atoms with van der Waals surface area (Å²) in [5.74, 6) is -2.18. The molecule has 0 saturated heterocycles. The molecule has 0 aromatic heterocycles. The van der Waals surface area contributed by atoms with Gasteiger partial charge in [-0.3, -0.25) is 9.59 Å². The molecule has 9 nitrogen and oxygen atoms in total. The molecule has 9 heteroatoms. The van der Waals surface area contributed by atoms with Crippen LogP contribution in [0.4, 0.5) is 0 Å². The van der Waals surface area contributed by atoms with E-state index in [4.69, 9.17) is 18.9 Å². The van der Waals surface area contributed by atoms with Crippen molar-refractivity contribution in [1.82, 2.24) is 0 Å². The van der Waals surface area contributed by atoms with Crippen molar-refractivity contribution in [2.75, 3.05) is 47.5 Å². The summed E-state index contributed by atoms with van der Waals surface area (Å²) < 4.78 is 22.5. The monoisotopic (exact) mass is 795 g/mol. The zero-order valence-electron chi connectivity index (χ0n) is 35.9. The highest BCUT2D eigenvalue weighted by Crippen LogP contribution is 2.10. The van der Waals surface area contributed by atoms with Crippen LogP contribution in [0.25, 0.3) is 0 Å². The highest BCUT2D eigenvalue weighted by Gasteiger charge is 2.25. The van der Waals surface area contributed by atoms with Gasteiger partial charge in [-0.2, -0.15) is 0 Å². The van der Waals surface area contributed by atoms with Crippen molar-refractivity contribution in [1.29, 1.82) is 0 Å². The summed E-state index contributed by atoms with van der Waals surface area (Å²) in [7, 11) is 5.90. The highest BCUT2D eigenvalue weighted by molar-refractivity contribution is 5.71. The quantitative estimate of drug-likeness (QED) is 0.0220. The fourth-order valence-electron chi connectivity index (χ4n) is 4.81. The predicted octanol–water partition coefficient (Wildman–Crippen LogP) is 10.9. The number of hydrogen-bond donors (Lipinski definition) is 1. The lowest BCUT2D eigenvalue weighted by molar-refractivity contribution is -0.870. The van der Waals surface area contributed by atoms with Crippen molar-refractivity contribution in [2.24, 2.45) is 0 Å². The Morgan fingerprint density at radius 1 is 0.526 bits per heavy atom. The Balaban J connectivity index is 4.66. The summed E-state index contributed by atoms with van der Waals surface area (Å²) in [5, 5.41) is 9.61. The zero-order valence-corrected chi connectivity index (χ0v) is 35.9. The number of carbonyl (C=O) groups is 3. The maximum atomic E-state index is 12.7. The molecule has 0 aliphatic heterocycles. The van der Waals surface area contributed by atoms with E-state index in [1.165, 1.54) is 0 Å². The molecule has 0 fully saturated rings. The van der Waals surface area contributed by atoms with Gasteiger partial charge in [0.2, 0.25) is 0 Å². The maximum absolute atomic E-state index is 12.7. The SMILES string of the molecule is CC/C=C\C/C=C\C/C=C\C/C=C\C/C=C\CCCCCC(=O)OC(COC(=O)CC/C=C\C/C=C\C/C=C\C/C=C\CC)COC(OCC[N+](C)(C)C)C(=O)O. The minimum Gasteiger partial charge on any atom is -0.477 e. The molecule has 2 unspecified atom stereocenters. The van der Waals surface area contributed by atoms with Crippen LogP contribution in [0, 0.1) is 0 Å². The lowest BCUT2D eigenvalue weighted by atomic mass is 10.1. The van der Waals surface area contributed by atoms with Gasteiger partial charge in [-0.1, -0.05) is 130 Å². The van der Waals surface area contributed by atoms with Crippen molar-refractivity contribution in [3.8, 4) is 0 Å². The first-order valence-electron chi connectivity index (χ1n) is 21.1. The lowest BCUT2D eigenvalue weighted by Gasteiger charge is -2.25. The van der Waals surface area contributed by atoms with E-state index in [2.05, 4.69) is 111 Å². The second-order valence-electron chi connectivity index (χ2n) is 14.5. The van der Waals surface area contributed by atoms with Gasteiger partial charge in [-0.25, -0.2) is 4.79 Å². The number of quaternary nitrogens is 1. The summed E-state index contributed by atoms with van der Waals surface area (Å²) in [6.45, 7) is 4.47. The third-order valence-corrected chi connectivity index (χ3v) is 8.04. The summed E-state index contributed by atoms with van der Waals surface area (Å²) >= 11 is 0. The van der Waals surface area contributed by atoms with Gasteiger partial charge in [0.15, 0.2) is 6.10 Å². The fraction of sp³-hybridized carbons (Fsp3) is 0.562. The molecule has 0 bridgehead atoms. The van der Waals surface area contributed by atoms with Gasteiger partial charge >= 0.3 is 17.9 Å². The van der Waals surface area contributed by atoms with E-state index >= 15 is 0 Å². The van der Waals surface area contributed by atoms with E-state index in [1.807, 2.05) is 33.3 Å². The molecular weight excluding hydrogens is 719 g/mol. The van der Waals surface area contributed by atoms with E-state index in [-0.39, 0.29) is 32.7 Å². The minimum absolute atomic E-state index is 0.164. The second-order valence-corrected chi connectivity index (χ2v) is 14.5. The molecule has 57 heavy (non-hydrogen) atoms. The number of carboxylic acid groups (broad SMARTS) is 1. The molecule has 0 saturated carbocycles. The lowest BCUT2D eigenvalue weighted by Crippen LogP contribution is -2.40. The molecule has 0 aliphatic rings. The zero-order chi connectivity index (χ0) is 42.1. The first kappa shape index (κ1) is 53.0. The van der Waals surface area contributed by atoms with E-state index in [0.29, 0.717) is 23.9 Å². The van der Waals surface area contributed by atoms with Crippen molar-refractivity contribution in [2.45, 2.75) is 129 Å². The first-order chi connectivity index (χ1) is 27.6. The average molecular weight is 795 g/mol. The van der Waals surface area contributed by atoms with Crippen LogP contribution in [0.2, 0.25) is 0 Å². The van der Waals surface area contributed by atoms with Gasteiger partial charge in [-0.15, -0.1) is 0 Å². The summed E-state index contributed by atoms with van der Waals surface area (Å²) in [4.78, 5) is 37.0. The van der Waals surface area contributed by atoms with Gasteiger partial charge in [-0.05, 0) is 83.5 Å². The Kier molecular flexibility index (Phi) is 36.0. The molecule has 0 amide bonds. The van der Waals surface area contributed by atoms with Crippen molar-refractivity contribution in [3.63, 3.8) is 0 Å². The van der Waals surface area contributed by atoms with Crippen LogP contribution in [-0.2, 0) is 33.3 Å². The summed E-state index contributed by atoms with van der Waals surface area (Å²) in [6, 6.07) is 0. The fourth-order valence-corrected chi connectivity index (χ4v) is 4.81. The van der Waals surface area contributed by atoms with E-state index in [1.54, 1.807) is 0 Å². The van der Waals surface area contributed by atoms with Gasteiger partial charge < -0.3 is 28.5 Å². The number of hydrogen-bond acceptors (Lipinski definition) is 7. The van der Waals surface area contributed by atoms with Crippen LogP contribution in [0.15, 0.2) is 109 Å². The first-order valence-corrected chi connectivity index (χ1v) is 21.1. The number of allylic oxidation sites excluding steroid dienone is 18. The number of nitrogens with zero attached hydrogens (tertiary/aromatic N) is 1. The van der Waals surface area contributed by atoms with Crippen molar-refractivity contribution < 1.29 is 42.9 Å². The normalized spacial score (nSPS) is 14.1. The number of ether oxygens (including phenoxy) is 4. The Hall–Kier alpha value is -4.05. The number of rotatable bonds is 36. The van der Waals surface area contributed by atoms with Gasteiger partial charge in [0.1, 0.15) is 13.2 Å². The van der Waals surface area contributed by atoms with Gasteiger partial charge in [0.05, 0.1) is 34.4 Å². The highest BCUT2D eigenvalue weighted by atomic mass is 16.7. The van der Waals surface area contributed by atoms with E-state index < -0.39 is 30.3 Å². The molecule has 0 heterocycles. The van der Waals surface area contributed by atoms with Crippen molar-refractivity contribution in [3.05, 3.63) is 109 Å². The van der Waals surface area contributed by atoms with E-state index in [0.717, 1.165) is 77.0 Å². The number of likely N-dealkylation sites (N-methyl/N-ethyl adjacent to an activating group) is 1. The van der Waals surface area contributed by atoms with Crippen LogP contribution >= 0.6 is 0 Å². The molecular formula is C48H76NO8+. The molecule has 0 spiro atoms. The Morgan fingerprint density at radius 2 is 0.982 bits per heavy atom. The van der Waals surface area contributed by atoms with Crippen LogP contribution in [0.1, 0.15) is 117 Å². The number of unbranched alkanes of at least 4 members (excludes halogenated alkanes) is 3. The summed E-state index contributed by atoms with van der Waals surface area (Å²) in [5.41, 5.74) is 0. The number of carbonyl (C=O) groups excluding carboxylic acids is 2. The molecule has 320 valence electrons. The van der Waals surface area contributed by atoms with Crippen LogP contribution in [0.3, 0.4) is 0 Å². The predicted molar refractivity (Wildman–Crippen MR) is 235 cm³/mol. The average Bonchev–Trinajstić information content (AvgIpc) is 3.17. The van der Waals surface area contributed by atoms with Crippen LogP contribution in [-0.4, -0.2) is 87.4 Å².